The quantitative estimate of drug-likeness (QED) is 0.394. The van der Waals surface area contributed by atoms with Crippen molar-refractivity contribution in [3.05, 3.63) is 111 Å². The van der Waals surface area contributed by atoms with Gasteiger partial charge < -0.3 is 0 Å². The van der Waals surface area contributed by atoms with Crippen molar-refractivity contribution in [2.75, 3.05) is 0 Å². The maximum absolute atomic E-state index is 13.6. The van der Waals surface area contributed by atoms with Gasteiger partial charge in [-0.05, 0) is 30.2 Å². The van der Waals surface area contributed by atoms with Crippen LogP contribution in [0.1, 0.15) is 11.1 Å². The Balaban J connectivity index is 1.90. The van der Waals surface area contributed by atoms with Crippen LogP contribution in [0.5, 0.6) is 0 Å². The first kappa shape index (κ1) is 18.5. The smallest absolute Gasteiger partial charge is 0.266 e. The average Bonchev–Trinajstić information content (AvgIpc) is 2.77. The SMILES string of the molecule is Cc1ccccc1-c1nc2sc3ccccc3c(=O)c2c(=O)n1Cc1ccccc1. The third-order valence-corrected chi connectivity index (χ3v) is 6.34. The molecule has 0 aliphatic carbocycles. The molecule has 2 heterocycles. The van der Waals surface area contributed by atoms with Crippen LogP contribution >= 0.6 is 11.3 Å². The second-order valence-corrected chi connectivity index (χ2v) is 8.27. The van der Waals surface area contributed by atoms with Crippen LogP contribution in [-0.4, -0.2) is 9.55 Å². The highest BCUT2D eigenvalue weighted by Gasteiger charge is 2.18. The van der Waals surface area contributed by atoms with Crippen molar-refractivity contribution < 1.29 is 0 Å². The average molecular weight is 410 g/mol. The highest BCUT2D eigenvalue weighted by Crippen LogP contribution is 2.26. The van der Waals surface area contributed by atoms with Crippen molar-refractivity contribution in [3.8, 4) is 11.4 Å². The summed E-state index contributed by atoms with van der Waals surface area (Å²) in [6.07, 6.45) is 0. The van der Waals surface area contributed by atoms with Gasteiger partial charge in [-0.1, -0.05) is 66.7 Å². The molecule has 4 nitrogen and oxygen atoms in total. The molecule has 0 aliphatic rings. The van der Waals surface area contributed by atoms with Gasteiger partial charge in [0.05, 0.1) is 6.54 Å². The minimum atomic E-state index is -0.297. The van der Waals surface area contributed by atoms with E-state index in [-0.39, 0.29) is 16.4 Å². The molecule has 0 spiro atoms. The molecule has 3 aromatic carbocycles. The van der Waals surface area contributed by atoms with Crippen molar-refractivity contribution in [1.82, 2.24) is 9.55 Å². The third kappa shape index (κ3) is 3.04. The number of rotatable bonds is 3. The van der Waals surface area contributed by atoms with Gasteiger partial charge in [0, 0.05) is 15.6 Å². The van der Waals surface area contributed by atoms with Crippen molar-refractivity contribution in [3.63, 3.8) is 0 Å². The lowest BCUT2D eigenvalue weighted by Gasteiger charge is -2.15. The van der Waals surface area contributed by atoms with Crippen molar-refractivity contribution in [1.29, 1.82) is 0 Å². The van der Waals surface area contributed by atoms with Crippen LogP contribution in [0.2, 0.25) is 0 Å². The zero-order valence-corrected chi connectivity index (χ0v) is 17.1. The van der Waals surface area contributed by atoms with Crippen LogP contribution in [-0.2, 0) is 6.54 Å². The van der Waals surface area contributed by atoms with E-state index in [1.54, 1.807) is 10.6 Å². The monoisotopic (exact) mass is 410 g/mol. The van der Waals surface area contributed by atoms with Gasteiger partial charge in [0.2, 0.25) is 5.43 Å². The fraction of sp³-hybridized carbons (Fsp3) is 0.0800. The summed E-state index contributed by atoms with van der Waals surface area (Å²) in [7, 11) is 0. The number of hydrogen-bond acceptors (Lipinski definition) is 4. The molecule has 2 aromatic heterocycles. The second kappa shape index (κ2) is 7.35. The summed E-state index contributed by atoms with van der Waals surface area (Å²) in [5.74, 6) is 0.584. The topological polar surface area (TPSA) is 52.0 Å². The Labute approximate surface area is 176 Å². The van der Waals surface area contributed by atoms with E-state index >= 15 is 0 Å². The van der Waals surface area contributed by atoms with E-state index in [0.29, 0.717) is 22.6 Å². The zero-order valence-electron chi connectivity index (χ0n) is 16.3. The number of hydrogen-bond donors (Lipinski definition) is 0. The van der Waals surface area contributed by atoms with Gasteiger partial charge in [-0.25, -0.2) is 4.98 Å². The normalized spacial score (nSPS) is 11.2. The lowest BCUT2D eigenvalue weighted by molar-refractivity contribution is 0.759. The molecule has 146 valence electrons. The summed E-state index contributed by atoms with van der Waals surface area (Å²) in [5, 5.41) is 0.718. The molecular formula is C25H18N2O2S. The lowest BCUT2D eigenvalue weighted by atomic mass is 10.1. The highest BCUT2D eigenvalue weighted by molar-refractivity contribution is 7.24. The summed E-state index contributed by atoms with van der Waals surface area (Å²) < 4.78 is 2.46. The minimum Gasteiger partial charge on any atom is -0.288 e. The summed E-state index contributed by atoms with van der Waals surface area (Å²) in [4.78, 5) is 32.1. The van der Waals surface area contributed by atoms with Gasteiger partial charge >= 0.3 is 0 Å². The maximum atomic E-state index is 13.6. The summed E-state index contributed by atoms with van der Waals surface area (Å²) in [6.45, 7) is 2.35. The van der Waals surface area contributed by atoms with Crippen molar-refractivity contribution in [2.45, 2.75) is 13.5 Å². The molecule has 0 bridgehead atoms. The number of aryl methyl sites for hydroxylation is 1. The predicted octanol–water partition coefficient (Wildman–Crippen LogP) is 5.00. The van der Waals surface area contributed by atoms with E-state index < -0.39 is 0 Å². The molecule has 5 heteroatoms. The molecule has 0 fully saturated rings. The highest BCUT2D eigenvalue weighted by atomic mass is 32.1. The number of nitrogens with zero attached hydrogens (tertiary/aromatic N) is 2. The first-order chi connectivity index (χ1) is 14.6. The Morgan fingerprint density at radius 1 is 0.867 bits per heavy atom. The molecular weight excluding hydrogens is 392 g/mol. The zero-order chi connectivity index (χ0) is 20.7. The molecule has 0 radical (unpaired) electrons. The Kier molecular flexibility index (Phi) is 4.52. The fourth-order valence-corrected chi connectivity index (χ4v) is 4.77. The molecule has 0 N–H and O–H groups in total. The summed E-state index contributed by atoms with van der Waals surface area (Å²) in [5.41, 5.74) is 2.34. The van der Waals surface area contributed by atoms with Gasteiger partial charge in [-0.2, -0.15) is 0 Å². The van der Waals surface area contributed by atoms with E-state index in [4.69, 9.17) is 4.98 Å². The molecule has 0 unspecified atom stereocenters. The molecule has 0 atom stereocenters. The van der Waals surface area contributed by atoms with Crippen LogP contribution < -0.4 is 11.0 Å². The Bertz CT molecular complexity index is 1520. The first-order valence-electron chi connectivity index (χ1n) is 9.70. The lowest BCUT2D eigenvalue weighted by Crippen LogP contribution is -2.27. The van der Waals surface area contributed by atoms with Crippen LogP contribution in [0.4, 0.5) is 0 Å². The van der Waals surface area contributed by atoms with E-state index in [2.05, 4.69) is 0 Å². The summed E-state index contributed by atoms with van der Waals surface area (Å²) in [6, 6.07) is 25.0. The minimum absolute atomic E-state index is 0.159. The number of benzene rings is 3. The van der Waals surface area contributed by atoms with Crippen LogP contribution in [0.3, 0.4) is 0 Å². The molecule has 0 saturated heterocycles. The van der Waals surface area contributed by atoms with Gasteiger partial charge in [0.1, 0.15) is 16.0 Å². The molecule has 5 aromatic rings. The standard InChI is InChI=1S/C25H18N2O2S/c1-16-9-5-6-12-18(16)23-26-24-21(22(28)19-13-7-8-14-20(19)30-24)25(29)27(23)15-17-10-3-2-4-11-17/h2-14H,15H2,1H3. The van der Waals surface area contributed by atoms with Crippen LogP contribution in [0.15, 0.2) is 88.5 Å². The van der Waals surface area contributed by atoms with E-state index in [0.717, 1.165) is 21.4 Å². The third-order valence-electron chi connectivity index (χ3n) is 5.27. The molecule has 30 heavy (non-hydrogen) atoms. The van der Waals surface area contributed by atoms with E-state index in [9.17, 15) is 9.59 Å². The number of fused-ring (bicyclic) bond motifs is 2. The first-order valence-corrected chi connectivity index (χ1v) is 10.5. The molecule has 0 aliphatic heterocycles. The van der Waals surface area contributed by atoms with Crippen LogP contribution in [0.25, 0.3) is 31.7 Å². The maximum Gasteiger partial charge on any atom is 0.266 e. The Morgan fingerprint density at radius 2 is 1.57 bits per heavy atom. The van der Waals surface area contributed by atoms with Crippen molar-refractivity contribution >= 4 is 31.6 Å². The molecule has 5 rings (SSSR count). The van der Waals surface area contributed by atoms with Gasteiger partial charge in [0.25, 0.3) is 5.56 Å². The van der Waals surface area contributed by atoms with E-state index in [1.165, 1.54) is 11.3 Å². The van der Waals surface area contributed by atoms with Crippen molar-refractivity contribution in [2.24, 2.45) is 0 Å². The van der Waals surface area contributed by atoms with E-state index in [1.807, 2.05) is 79.7 Å². The Morgan fingerprint density at radius 3 is 2.37 bits per heavy atom. The van der Waals surface area contributed by atoms with Gasteiger partial charge in [0.15, 0.2) is 0 Å². The molecule has 0 saturated carbocycles. The number of aromatic nitrogens is 2. The predicted molar refractivity (Wildman–Crippen MR) is 123 cm³/mol. The largest absolute Gasteiger partial charge is 0.288 e. The Hall–Kier alpha value is -3.57. The van der Waals surface area contributed by atoms with Gasteiger partial charge in [-0.15, -0.1) is 11.3 Å². The molecule has 0 amide bonds. The fourth-order valence-electron chi connectivity index (χ4n) is 3.73. The van der Waals surface area contributed by atoms with Crippen LogP contribution in [0, 0.1) is 6.92 Å². The summed E-state index contributed by atoms with van der Waals surface area (Å²) >= 11 is 1.38. The second-order valence-electron chi connectivity index (χ2n) is 7.23. The van der Waals surface area contributed by atoms with Gasteiger partial charge in [-0.3, -0.25) is 14.2 Å².